The zero-order chi connectivity index (χ0) is 24.2. The molecular weight excluding hydrogens is 432 g/mol. The van der Waals surface area contributed by atoms with E-state index in [0.717, 1.165) is 76.7 Å². The van der Waals surface area contributed by atoms with Crippen molar-refractivity contribution in [3.05, 3.63) is 24.5 Å². The number of pyridine rings is 1. The number of anilines is 1. The van der Waals surface area contributed by atoms with Crippen LogP contribution in [0.25, 0.3) is 0 Å². The maximum Gasteiger partial charge on any atom is 0.371 e. The Morgan fingerprint density at radius 1 is 0.941 bits per heavy atom. The molecule has 3 fully saturated rings. The van der Waals surface area contributed by atoms with Gasteiger partial charge in [-0.25, -0.2) is 9.69 Å². The van der Waals surface area contributed by atoms with Crippen LogP contribution in [0, 0.1) is 5.92 Å². The molecule has 1 atom stereocenters. The number of hydrogen-bond donors (Lipinski definition) is 0. The molecule has 0 aromatic carbocycles. The summed E-state index contributed by atoms with van der Waals surface area (Å²) in [5.74, 6) is -1.43. The summed E-state index contributed by atoms with van der Waals surface area (Å²) in [6, 6.07) is 4.05. The fraction of sp³-hybridized carbons (Fsp3) is 0.731. The van der Waals surface area contributed by atoms with Crippen LogP contribution in [0.15, 0.2) is 24.5 Å². The van der Waals surface area contributed by atoms with Gasteiger partial charge in [-0.05, 0) is 71.4 Å². The molecule has 1 aromatic heterocycles. The topological polar surface area (TPSA) is 75.2 Å². The minimum Gasteiger partial charge on any atom is -0.456 e. The summed E-state index contributed by atoms with van der Waals surface area (Å²) in [7, 11) is 0. The molecule has 1 aromatic rings. The van der Waals surface area contributed by atoms with Gasteiger partial charge in [0.1, 0.15) is 11.9 Å². The largest absolute Gasteiger partial charge is 0.456 e. The second-order valence-corrected chi connectivity index (χ2v) is 10.8. The predicted octanol–water partition coefficient (Wildman–Crippen LogP) is 3.07. The molecule has 8 nitrogen and oxygen atoms in total. The standard InChI is InChI=1S/C26H40N4O4/c1-25(2,3)34-24(32)26(29-14-4-5-15-29,33-23-8-6-21(20-31)7-9-23)30-18-16-28(17-19-30)22-10-12-27-13-11-22/h10-13,20-21,23H,4-9,14-19H2,1-3H3. The Bertz CT molecular complexity index is 808. The molecule has 2 saturated heterocycles. The van der Waals surface area contributed by atoms with E-state index in [1.807, 2.05) is 45.3 Å². The maximum atomic E-state index is 14.0. The lowest BCUT2D eigenvalue weighted by molar-refractivity contribution is -0.278. The van der Waals surface area contributed by atoms with Gasteiger partial charge in [-0.2, -0.15) is 0 Å². The van der Waals surface area contributed by atoms with Gasteiger partial charge in [0.2, 0.25) is 0 Å². The summed E-state index contributed by atoms with van der Waals surface area (Å²) in [5, 5.41) is 0. The molecule has 3 aliphatic rings. The van der Waals surface area contributed by atoms with Gasteiger partial charge in [-0.15, -0.1) is 0 Å². The number of nitrogens with zero attached hydrogens (tertiary/aromatic N) is 4. The molecule has 1 unspecified atom stereocenters. The summed E-state index contributed by atoms with van der Waals surface area (Å²) in [4.78, 5) is 36.2. The van der Waals surface area contributed by atoms with Crippen molar-refractivity contribution in [2.24, 2.45) is 5.92 Å². The molecule has 8 heteroatoms. The Labute approximate surface area is 203 Å². The normalized spacial score (nSPS) is 26.7. The molecule has 2 aliphatic heterocycles. The van der Waals surface area contributed by atoms with E-state index in [0.29, 0.717) is 13.1 Å². The molecule has 4 rings (SSSR count). The van der Waals surface area contributed by atoms with Crippen LogP contribution in [0.4, 0.5) is 5.69 Å². The zero-order valence-electron chi connectivity index (χ0n) is 20.9. The Morgan fingerprint density at radius 3 is 2.09 bits per heavy atom. The van der Waals surface area contributed by atoms with Crippen molar-refractivity contribution in [2.75, 3.05) is 44.2 Å². The maximum absolute atomic E-state index is 14.0. The van der Waals surface area contributed by atoms with Gasteiger partial charge in [0.05, 0.1) is 6.10 Å². The molecule has 0 amide bonds. The molecule has 0 bridgehead atoms. The Morgan fingerprint density at radius 2 is 1.53 bits per heavy atom. The number of carbonyl (C=O) groups is 2. The van der Waals surface area contributed by atoms with Crippen LogP contribution in [0.5, 0.6) is 0 Å². The number of ether oxygens (including phenoxy) is 2. The summed E-state index contributed by atoms with van der Waals surface area (Å²) in [5.41, 5.74) is 0.534. The first kappa shape index (κ1) is 25.1. The van der Waals surface area contributed by atoms with Crippen molar-refractivity contribution in [1.82, 2.24) is 14.8 Å². The van der Waals surface area contributed by atoms with Crippen LogP contribution in [0.2, 0.25) is 0 Å². The first-order valence-corrected chi connectivity index (χ1v) is 12.8. The van der Waals surface area contributed by atoms with E-state index in [4.69, 9.17) is 9.47 Å². The molecular formula is C26H40N4O4. The molecule has 0 radical (unpaired) electrons. The SMILES string of the molecule is CC(C)(C)OC(=O)C(OC1CCC(C=O)CC1)(N1CCCC1)N1CCN(c2ccncc2)CC1. The zero-order valence-corrected chi connectivity index (χ0v) is 20.9. The number of piperazine rings is 1. The quantitative estimate of drug-likeness (QED) is 0.443. The van der Waals surface area contributed by atoms with E-state index < -0.39 is 11.4 Å². The van der Waals surface area contributed by atoms with E-state index in [1.165, 1.54) is 0 Å². The minimum atomic E-state index is -1.23. The summed E-state index contributed by atoms with van der Waals surface area (Å²) >= 11 is 0. The van der Waals surface area contributed by atoms with Gasteiger partial charge in [0, 0.05) is 63.3 Å². The lowest BCUT2D eigenvalue weighted by Crippen LogP contribution is -2.71. The van der Waals surface area contributed by atoms with Crippen molar-refractivity contribution in [3.8, 4) is 0 Å². The van der Waals surface area contributed by atoms with Gasteiger partial charge < -0.3 is 19.2 Å². The van der Waals surface area contributed by atoms with Crippen LogP contribution < -0.4 is 4.90 Å². The highest BCUT2D eigenvalue weighted by Crippen LogP contribution is 2.36. The molecule has 3 heterocycles. The Kier molecular flexibility index (Phi) is 7.90. The summed E-state index contributed by atoms with van der Waals surface area (Å²) in [6.07, 6.45) is 9.93. The monoisotopic (exact) mass is 472 g/mol. The van der Waals surface area contributed by atoms with E-state index in [1.54, 1.807) is 0 Å². The van der Waals surface area contributed by atoms with Crippen LogP contribution in [0.1, 0.15) is 59.3 Å². The van der Waals surface area contributed by atoms with Gasteiger partial charge in [0.15, 0.2) is 0 Å². The summed E-state index contributed by atoms with van der Waals surface area (Å²) in [6.45, 7) is 10.3. The van der Waals surface area contributed by atoms with Crippen molar-refractivity contribution < 1.29 is 19.1 Å². The highest BCUT2D eigenvalue weighted by Gasteiger charge is 2.55. The van der Waals surface area contributed by atoms with Crippen molar-refractivity contribution in [3.63, 3.8) is 0 Å². The number of rotatable bonds is 7. The van der Waals surface area contributed by atoms with Crippen molar-refractivity contribution in [2.45, 2.75) is 76.9 Å². The summed E-state index contributed by atoms with van der Waals surface area (Å²) < 4.78 is 12.9. The second kappa shape index (κ2) is 10.7. The lowest BCUT2D eigenvalue weighted by Gasteiger charge is -2.51. The van der Waals surface area contributed by atoms with Gasteiger partial charge in [-0.1, -0.05) is 0 Å². The Balaban J connectivity index is 1.60. The smallest absolute Gasteiger partial charge is 0.371 e. The van der Waals surface area contributed by atoms with E-state index in [2.05, 4.69) is 19.7 Å². The second-order valence-electron chi connectivity index (χ2n) is 10.8. The van der Waals surface area contributed by atoms with Crippen LogP contribution in [0.3, 0.4) is 0 Å². The van der Waals surface area contributed by atoms with Crippen LogP contribution in [-0.4, -0.2) is 83.9 Å². The lowest BCUT2D eigenvalue weighted by atomic mass is 9.88. The average Bonchev–Trinajstić information content (AvgIpc) is 3.38. The van der Waals surface area contributed by atoms with Crippen LogP contribution in [-0.2, 0) is 19.1 Å². The molecule has 34 heavy (non-hydrogen) atoms. The third kappa shape index (κ3) is 5.61. The van der Waals surface area contributed by atoms with Crippen molar-refractivity contribution >= 4 is 17.9 Å². The van der Waals surface area contributed by atoms with Gasteiger partial charge in [-0.3, -0.25) is 9.88 Å². The highest BCUT2D eigenvalue weighted by molar-refractivity contribution is 5.79. The highest BCUT2D eigenvalue weighted by atomic mass is 16.6. The number of aldehydes is 1. The number of aromatic nitrogens is 1. The van der Waals surface area contributed by atoms with E-state index >= 15 is 0 Å². The first-order valence-electron chi connectivity index (χ1n) is 12.8. The third-order valence-corrected chi connectivity index (χ3v) is 7.18. The predicted molar refractivity (Wildman–Crippen MR) is 130 cm³/mol. The number of carbonyl (C=O) groups excluding carboxylic acids is 2. The fourth-order valence-corrected chi connectivity index (χ4v) is 5.42. The molecule has 1 aliphatic carbocycles. The molecule has 1 saturated carbocycles. The molecule has 0 N–H and O–H groups in total. The van der Waals surface area contributed by atoms with Gasteiger partial charge >= 0.3 is 5.97 Å². The number of hydrogen-bond acceptors (Lipinski definition) is 8. The van der Waals surface area contributed by atoms with E-state index in [9.17, 15) is 9.59 Å². The number of esters is 1. The third-order valence-electron chi connectivity index (χ3n) is 7.18. The first-order chi connectivity index (χ1) is 16.3. The minimum absolute atomic E-state index is 0.0671. The number of likely N-dealkylation sites (tertiary alicyclic amines) is 1. The molecule has 0 spiro atoms. The van der Waals surface area contributed by atoms with Crippen LogP contribution >= 0.6 is 0 Å². The van der Waals surface area contributed by atoms with Crippen molar-refractivity contribution in [1.29, 1.82) is 0 Å². The fourth-order valence-electron chi connectivity index (χ4n) is 5.42. The average molecular weight is 473 g/mol. The van der Waals surface area contributed by atoms with Gasteiger partial charge in [0.25, 0.3) is 5.85 Å². The molecule has 188 valence electrons. The van der Waals surface area contributed by atoms with E-state index in [-0.39, 0.29) is 18.0 Å². The Hall–Kier alpha value is -2.03.